The summed E-state index contributed by atoms with van der Waals surface area (Å²) in [5.41, 5.74) is 0. The molecule has 1 aromatic heterocycles. The fraction of sp³-hybridized carbons (Fsp3) is 0.600. The third-order valence-electron chi connectivity index (χ3n) is 0.977. The van der Waals surface area contributed by atoms with Crippen LogP contribution in [0.15, 0.2) is 4.52 Å². The van der Waals surface area contributed by atoms with E-state index >= 15 is 0 Å². The first kappa shape index (κ1) is 7.17. The van der Waals surface area contributed by atoms with E-state index in [2.05, 4.69) is 14.7 Å². The molecule has 0 saturated carbocycles. The molecule has 56 valence electrons. The molecule has 1 aromatic rings. The Labute approximate surface area is 57.3 Å². The van der Waals surface area contributed by atoms with Crippen LogP contribution in [0.25, 0.3) is 0 Å². The minimum Gasteiger partial charge on any atom is -0.396 e. The van der Waals surface area contributed by atoms with Crippen molar-refractivity contribution < 1.29 is 14.7 Å². The van der Waals surface area contributed by atoms with Crippen LogP contribution in [-0.2, 0) is 13.0 Å². The van der Waals surface area contributed by atoms with Crippen LogP contribution in [0.3, 0.4) is 0 Å². The van der Waals surface area contributed by atoms with Gasteiger partial charge in [0.1, 0.15) is 6.61 Å². The number of aliphatic hydroxyl groups excluding tert-OH is 2. The van der Waals surface area contributed by atoms with Gasteiger partial charge < -0.3 is 14.7 Å². The molecule has 0 radical (unpaired) electrons. The highest BCUT2D eigenvalue weighted by atomic mass is 16.5. The van der Waals surface area contributed by atoms with E-state index in [0.29, 0.717) is 12.3 Å². The first-order chi connectivity index (χ1) is 4.86. The van der Waals surface area contributed by atoms with Crippen LogP contribution in [0.4, 0.5) is 0 Å². The van der Waals surface area contributed by atoms with E-state index < -0.39 is 0 Å². The van der Waals surface area contributed by atoms with E-state index in [9.17, 15) is 0 Å². The lowest BCUT2D eigenvalue weighted by Crippen LogP contribution is -1.91. The lowest BCUT2D eigenvalue weighted by molar-refractivity contribution is 0.258. The maximum absolute atomic E-state index is 8.47. The van der Waals surface area contributed by atoms with Crippen LogP contribution < -0.4 is 0 Å². The highest BCUT2D eigenvalue weighted by molar-refractivity contribution is 4.83. The first-order valence-electron chi connectivity index (χ1n) is 2.90. The molecule has 0 amide bonds. The molecule has 0 aliphatic rings. The fourth-order valence-electron chi connectivity index (χ4n) is 0.552. The summed E-state index contributed by atoms with van der Waals surface area (Å²) < 4.78 is 4.61. The van der Waals surface area contributed by atoms with E-state index in [4.69, 9.17) is 10.2 Å². The molecule has 0 spiro atoms. The van der Waals surface area contributed by atoms with Crippen molar-refractivity contribution in [2.24, 2.45) is 0 Å². The zero-order chi connectivity index (χ0) is 7.40. The van der Waals surface area contributed by atoms with E-state index in [1.54, 1.807) is 0 Å². The molecule has 0 aliphatic heterocycles. The Morgan fingerprint density at radius 3 is 2.70 bits per heavy atom. The number of nitrogens with zero attached hydrogens (tertiary/aromatic N) is 2. The van der Waals surface area contributed by atoms with Gasteiger partial charge in [-0.3, -0.25) is 0 Å². The van der Waals surface area contributed by atoms with E-state index in [1.807, 2.05) is 0 Å². The highest BCUT2D eigenvalue weighted by Gasteiger charge is 2.02. The monoisotopic (exact) mass is 144 g/mol. The summed E-state index contributed by atoms with van der Waals surface area (Å²) >= 11 is 0. The van der Waals surface area contributed by atoms with Crippen LogP contribution in [0.1, 0.15) is 11.7 Å². The Kier molecular flexibility index (Phi) is 2.35. The molecule has 0 atom stereocenters. The topological polar surface area (TPSA) is 79.4 Å². The maximum Gasteiger partial charge on any atom is 0.229 e. The van der Waals surface area contributed by atoms with Gasteiger partial charge in [-0.15, -0.1) is 0 Å². The summed E-state index contributed by atoms with van der Waals surface area (Å²) in [6, 6.07) is 0. The smallest absolute Gasteiger partial charge is 0.229 e. The summed E-state index contributed by atoms with van der Waals surface area (Å²) in [4.78, 5) is 3.73. The Morgan fingerprint density at radius 2 is 2.20 bits per heavy atom. The van der Waals surface area contributed by atoms with Crippen LogP contribution in [0.5, 0.6) is 0 Å². The lowest BCUT2D eigenvalue weighted by Gasteiger charge is -1.82. The molecular weight excluding hydrogens is 136 g/mol. The quantitative estimate of drug-likeness (QED) is 0.574. The third-order valence-corrected chi connectivity index (χ3v) is 0.977. The molecule has 1 heterocycles. The average Bonchev–Trinajstić information content (AvgIpc) is 2.37. The predicted molar refractivity (Wildman–Crippen MR) is 31.0 cm³/mol. The van der Waals surface area contributed by atoms with Crippen molar-refractivity contribution >= 4 is 0 Å². The van der Waals surface area contributed by atoms with Gasteiger partial charge in [0, 0.05) is 0 Å². The van der Waals surface area contributed by atoms with E-state index in [-0.39, 0.29) is 19.0 Å². The summed E-state index contributed by atoms with van der Waals surface area (Å²) in [5.74, 6) is 0.606. The van der Waals surface area contributed by atoms with E-state index in [1.165, 1.54) is 0 Å². The molecule has 0 fully saturated rings. The Morgan fingerprint density at radius 1 is 1.40 bits per heavy atom. The van der Waals surface area contributed by atoms with Crippen molar-refractivity contribution in [3.63, 3.8) is 0 Å². The number of aliphatic hydroxyl groups is 2. The number of hydrogen-bond acceptors (Lipinski definition) is 5. The molecule has 5 nitrogen and oxygen atoms in total. The SMILES string of the molecule is OCCc1nc(CO)no1. The van der Waals surface area contributed by atoms with E-state index in [0.717, 1.165) is 0 Å². The van der Waals surface area contributed by atoms with Crippen LogP contribution in [0, 0.1) is 0 Å². The normalized spacial score (nSPS) is 10.2. The number of hydrogen-bond donors (Lipinski definition) is 2. The van der Waals surface area contributed by atoms with Gasteiger partial charge >= 0.3 is 0 Å². The van der Waals surface area contributed by atoms with Crippen molar-refractivity contribution in [2.45, 2.75) is 13.0 Å². The Balaban J connectivity index is 2.59. The number of aromatic nitrogens is 2. The van der Waals surface area contributed by atoms with Gasteiger partial charge in [-0.25, -0.2) is 0 Å². The molecule has 0 bridgehead atoms. The van der Waals surface area contributed by atoms with Crippen molar-refractivity contribution in [2.75, 3.05) is 6.61 Å². The Bertz CT molecular complexity index is 199. The second kappa shape index (κ2) is 3.28. The molecular formula is C5H8N2O3. The van der Waals surface area contributed by atoms with Gasteiger partial charge in [0.2, 0.25) is 5.89 Å². The Hall–Kier alpha value is -0.940. The number of rotatable bonds is 3. The average molecular weight is 144 g/mol. The summed E-state index contributed by atoms with van der Waals surface area (Å²) in [5, 5.41) is 20.3. The van der Waals surface area contributed by atoms with Crippen molar-refractivity contribution in [1.82, 2.24) is 10.1 Å². The summed E-state index contributed by atoms with van der Waals surface area (Å²) in [6.45, 7) is -0.248. The van der Waals surface area contributed by atoms with Gasteiger partial charge in [-0.2, -0.15) is 4.98 Å². The van der Waals surface area contributed by atoms with Crippen LogP contribution >= 0.6 is 0 Å². The zero-order valence-corrected chi connectivity index (χ0v) is 5.32. The fourth-order valence-corrected chi connectivity index (χ4v) is 0.552. The van der Waals surface area contributed by atoms with Crippen LogP contribution in [-0.4, -0.2) is 27.0 Å². The van der Waals surface area contributed by atoms with Crippen molar-refractivity contribution in [3.8, 4) is 0 Å². The van der Waals surface area contributed by atoms with Gasteiger partial charge in [0.25, 0.3) is 0 Å². The third kappa shape index (κ3) is 1.52. The second-order valence-corrected chi connectivity index (χ2v) is 1.74. The first-order valence-corrected chi connectivity index (χ1v) is 2.90. The van der Waals surface area contributed by atoms with Gasteiger partial charge in [-0.1, -0.05) is 5.16 Å². The molecule has 0 aromatic carbocycles. The van der Waals surface area contributed by atoms with Crippen molar-refractivity contribution in [1.29, 1.82) is 0 Å². The summed E-state index contributed by atoms with van der Waals surface area (Å²) in [7, 11) is 0. The summed E-state index contributed by atoms with van der Waals surface area (Å²) in [6.07, 6.45) is 0.340. The molecule has 10 heavy (non-hydrogen) atoms. The van der Waals surface area contributed by atoms with Gasteiger partial charge in [0.15, 0.2) is 5.82 Å². The zero-order valence-electron chi connectivity index (χ0n) is 5.32. The molecule has 1 rings (SSSR count). The molecule has 0 aliphatic carbocycles. The molecule has 0 unspecified atom stereocenters. The highest BCUT2D eigenvalue weighted by Crippen LogP contribution is 1.96. The molecule has 2 N–H and O–H groups in total. The van der Waals surface area contributed by atoms with Gasteiger partial charge in [0.05, 0.1) is 13.0 Å². The standard InChI is InChI=1S/C5H8N2O3/c8-2-1-5-6-4(3-9)7-10-5/h8-9H,1-3H2. The largest absolute Gasteiger partial charge is 0.396 e. The van der Waals surface area contributed by atoms with Gasteiger partial charge in [-0.05, 0) is 0 Å². The molecule has 0 saturated heterocycles. The second-order valence-electron chi connectivity index (χ2n) is 1.74. The van der Waals surface area contributed by atoms with Crippen molar-refractivity contribution in [3.05, 3.63) is 11.7 Å². The lowest BCUT2D eigenvalue weighted by atomic mass is 10.5. The minimum absolute atomic E-state index is 0.0208. The molecule has 5 heteroatoms. The maximum atomic E-state index is 8.47. The predicted octanol–water partition coefficient (Wildman–Crippen LogP) is -0.903. The van der Waals surface area contributed by atoms with Crippen LogP contribution in [0.2, 0.25) is 0 Å². The minimum atomic E-state index is -0.227.